The number of Topliss-reactive ketones (excluding diaryl/α,β-unsaturated/α-hetero) is 1. The summed E-state index contributed by atoms with van der Waals surface area (Å²) in [5.41, 5.74) is 1.61. The summed E-state index contributed by atoms with van der Waals surface area (Å²) in [6.45, 7) is 2.92. The Morgan fingerprint density at radius 3 is 3.00 bits per heavy atom. The number of carbonyl (C=O) groups excluding carboxylic acids is 1. The number of aromatic nitrogens is 2. The largest absolute Gasteiger partial charge is 0.497 e. The fourth-order valence-corrected chi connectivity index (χ4v) is 1.93. The second kappa shape index (κ2) is 6.18. The quantitative estimate of drug-likeness (QED) is 0.748. The number of nitrogens with zero attached hydrogens (tertiary/aromatic N) is 2. The Bertz CT molecular complexity index is 561. The Morgan fingerprint density at radius 1 is 1.42 bits per heavy atom. The van der Waals surface area contributed by atoms with E-state index in [9.17, 15) is 4.79 Å². The van der Waals surface area contributed by atoms with Gasteiger partial charge in [-0.15, -0.1) is 0 Å². The van der Waals surface area contributed by atoms with Gasteiger partial charge in [0.1, 0.15) is 5.75 Å². The lowest BCUT2D eigenvalue weighted by Crippen LogP contribution is -2.03. The molecule has 4 heteroatoms. The summed E-state index contributed by atoms with van der Waals surface area (Å²) in [7, 11) is 1.62. The van der Waals surface area contributed by atoms with Crippen LogP contribution < -0.4 is 4.74 Å². The van der Waals surface area contributed by atoms with Crippen LogP contribution in [0, 0.1) is 0 Å². The monoisotopic (exact) mass is 258 g/mol. The average molecular weight is 258 g/mol. The number of hydrogen-bond acceptors (Lipinski definition) is 3. The number of ketones is 1. The summed E-state index contributed by atoms with van der Waals surface area (Å²) in [5.74, 6) is 0.850. The molecule has 0 spiro atoms. The van der Waals surface area contributed by atoms with Gasteiger partial charge in [0, 0.05) is 19.2 Å². The highest BCUT2D eigenvalue weighted by Gasteiger charge is 2.10. The van der Waals surface area contributed by atoms with Crippen LogP contribution in [0.25, 0.3) is 0 Å². The number of methoxy groups -OCH3 is 1. The first kappa shape index (κ1) is 13.3. The van der Waals surface area contributed by atoms with Gasteiger partial charge in [-0.2, -0.15) is 5.10 Å². The van der Waals surface area contributed by atoms with Crippen molar-refractivity contribution in [2.24, 2.45) is 0 Å². The van der Waals surface area contributed by atoms with Crippen molar-refractivity contribution in [3.63, 3.8) is 0 Å². The van der Waals surface area contributed by atoms with Gasteiger partial charge in [0.25, 0.3) is 0 Å². The van der Waals surface area contributed by atoms with E-state index in [1.165, 1.54) is 0 Å². The Balaban J connectivity index is 2.06. The van der Waals surface area contributed by atoms with Crippen LogP contribution in [-0.4, -0.2) is 22.7 Å². The zero-order valence-electron chi connectivity index (χ0n) is 11.3. The highest BCUT2D eigenvalue weighted by Crippen LogP contribution is 2.14. The normalized spacial score (nSPS) is 10.4. The van der Waals surface area contributed by atoms with Crippen LogP contribution in [0.15, 0.2) is 36.7 Å². The number of ether oxygens (including phenoxy) is 1. The lowest BCUT2D eigenvalue weighted by atomic mass is 10.1. The standard InChI is InChI=1S/C15H18N2O2/c1-3-7-17-11-13(10-16-17)15(18)9-12-5-4-6-14(8-12)19-2/h4-6,8,10-11H,3,7,9H2,1-2H3. The van der Waals surface area contributed by atoms with Crippen LogP contribution in [0.5, 0.6) is 5.75 Å². The van der Waals surface area contributed by atoms with Crippen LogP contribution in [0.3, 0.4) is 0 Å². The van der Waals surface area contributed by atoms with Crippen molar-refractivity contribution in [2.45, 2.75) is 26.3 Å². The van der Waals surface area contributed by atoms with Gasteiger partial charge in [-0.25, -0.2) is 0 Å². The number of carbonyl (C=O) groups is 1. The molecule has 0 aliphatic heterocycles. The fourth-order valence-electron chi connectivity index (χ4n) is 1.93. The van der Waals surface area contributed by atoms with Gasteiger partial charge in [-0.1, -0.05) is 19.1 Å². The fraction of sp³-hybridized carbons (Fsp3) is 0.333. The minimum absolute atomic E-state index is 0.0793. The Hall–Kier alpha value is -2.10. The molecule has 0 fully saturated rings. The van der Waals surface area contributed by atoms with Crippen molar-refractivity contribution in [3.05, 3.63) is 47.8 Å². The van der Waals surface area contributed by atoms with E-state index in [1.54, 1.807) is 18.0 Å². The van der Waals surface area contributed by atoms with E-state index in [4.69, 9.17) is 4.74 Å². The first-order chi connectivity index (χ1) is 9.22. The number of benzene rings is 1. The van der Waals surface area contributed by atoms with E-state index >= 15 is 0 Å². The molecular weight excluding hydrogens is 240 g/mol. The lowest BCUT2D eigenvalue weighted by Gasteiger charge is -2.03. The van der Waals surface area contributed by atoms with E-state index < -0.39 is 0 Å². The van der Waals surface area contributed by atoms with Crippen LogP contribution in [0.1, 0.15) is 29.3 Å². The second-order valence-electron chi connectivity index (χ2n) is 4.44. The molecule has 0 bridgehead atoms. The lowest BCUT2D eigenvalue weighted by molar-refractivity contribution is 0.0993. The molecule has 0 unspecified atom stereocenters. The molecule has 0 radical (unpaired) electrons. The summed E-state index contributed by atoms with van der Waals surface area (Å²) >= 11 is 0. The van der Waals surface area contributed by atoms with E-state index in [0.717, 1.165) is 24.3 Å². The SMILES string of the molecule is CCCn1cc(C(=O)Cc2cccc(OC)c2)cn1. The molecule has 0 saturated heterocycles. The molecule has 1 aromatic heterocycles. The maximum Gasteiger partial charge on any atom is 0.170 e. The van der Waals surface area contributed by atoms with Gasteiger partial charge in [0.2, 0.25) is 0 Å². The summed E-state index contributed by atoms with van der Waals surface area (Å²) in [4.78, 5) is 12.1. The Labute approximate surface area is 113 Å². The molecule has 2 rings (SSSR count). The average Bonchev–Trinajstić information content (AvgIpc) is 2.88. The molecular formula is C15H18N2O2. The van der Waals surface area contributed by atoms with E-state index in [0.29, 0.717) is 12.0 Å². The van der Waals surface area contributed by atoms with Crippen molar-refractivity contribution < 1.29 is 9.53 Å². The maximum atomic E-state index is 12.1. The minimum Gasteiger partial charge on any atom is -0.497 e. The van der Waals surface area contributed by atoms with Crippen molar-refractivity contribution >= 4 is 5.78 Å². The summed E-state index contributed by atoms with van der Waals surface area (Å²) in [5, 5.41) is 4.17. The minimum atomic E-state index is 0.0793. The summed E-state index contributed by atoms with van der Waals surface area (Å²) < 4.78 is 6.95. The molecule has 0 N–H and O–H groups in total. The number of rotatable bonds is 6. The van der Waals surface area contributed by atoms with Crippen molar-refractivity contribution in [2.75, 3.05) is 7.11 Å². The molecule has 0 saturated carbocycles. The van der Waals surface area contributed by atoms with Gasteiger partial charge in [0.15, 0.2) is 5.78 Å². The molecule has 2 aromatic rings. The predicted molar refractivity (Wildman–Crippen MR) is 73.5 cm³/mol. The third kappa shape index (κ3) is 3.44. The molecule has 1 aromatic carbocycles. The van der Waals surface area contributed by atoms with Crippen LogP contribution in [0.2, 0.25) is 0 Å². The molecule has 4 nitrogen and oxygen atoms in total. The third-order valence-electron chi connectivity index (χ3n) is 2.91. The Morgan fingerprint density at radius 2 is 2.26 bits per heavy atom. The van der Waals surface area contributed by atoms with Gasteiger partial charge in [-0.3, -0.25) is 9.48 Å². The van der Waals surface area contributed by atoms with E-state index in [1.807, 2.05) is 30.5 Å². The zero-order valence-corrected chi connectivity index (χ0v) is 11.3. The van der Waals surface area contributed by atoms with Crippen LogP contribution >= 0.6 is 0 Å². The van der Waals surface area contributed by atoms with Crippen molar-refractivity contribution in [1.82, 2.24) is 9.78 Å². The van der Waals surface area contributed by atoms with E-state index in [-0.39, 0.29) is 5.78 Å². The van der Waals surface area contributed by atoms with Crippen molar-refractivity contribution in [3.8, 4) is 5.75 Å². The molecule has 1 heterocycles. The predicted octanol–water partition coefficient (Wildman–Crippen LogP) is 2.73. The molecule has 100 valence electrons. The highest BCUT2D eigenvalue weighted by molar-refractivity contribution is 5.97. The molecule has 0 aliphatic carbocycles. The Kier molecular flexibility index (Phi) is 4.34. The van der Waals surface area contributed by atoms with Gasteiger partial charge < -0.3 is 4.74 Å². The first-order valence-corrected chi connectivity index (χ1v) is 6.41. The first-order valence-electron chi connectivity index (χ1n) is 6.41. The topological polar surface area (TPSA) is 44.1 Å². The highest BCUT2D eigenvalue weighted by atomic mass is 16.5. The maximum absolute atomic E-state index is 12.1. The summed E-state index contributed by atoms with van der Waals surface area (Å²) in [6, 6.07) is 7.57. The van der Waals surface area contributed by atoms with E-state index in [2.05, 4.69) is 12.0 Å². The van der Waals surface area contributed by atoms with Crippen LogP contribution in [0.4, 0.5) is 0 Å². The van der Waals surface area contributed by atoms with Gasteiger partial charge in [0.05, 0.1) is 18.9 Å². The zero-order chi connectivity index (χ0) is 13.7. The van der Waals surface area contributed by atoms with Crippen molar-refractivity contribution in [1.29, 1.82) is 0 Å². The third-order valence-corrected chi connectivity index (χ3v) is 2.91. The smallest absolute Gasteiger partial charge is 0.170 e. The van der Waals surface area contributed by atoms with Gasteiger partial charge >= 0.3 is 0 Å². The van der Waals surface area contributed by atoms with Gasteiger partial charge in [-0.05, 0) is 24.1 Å². The molecule has 0 aliphatic rings. The number of hydrogen-bond donors (Lipinski definition) is 0. The molecule has 0 atom stereocenters. The molecule has 0 amide bonds. The summed E-state index contributed by atoms with van der Waals surface area (Å²) in [6.07, 6.45) is 4.82. The second-order valence-corrected chi connectivity index (χ2v) is 4.44. The molecule has 19 heavy (non-hydrogen) atoms. The number of aryl methyl sites for hydroxylation is 1. The van der Waals surface area contributed by atoms with Crippen LogP contribution in [-0.2, 0) is 13.0 Å².